The van der Waals surface area contributed by atoms with Gasteiger partial charge in [-0.15, -0.1) is 10.1 Å². The Kier molecular flexibility index (Phi) is 14.9. The highest BCUT2D eigenvalue weighted by Gasteiger charge is 2.21. The van der Waals surface area contributed by atoms with E-state index in [2.05, 4.69) is 10.3 Å². The highest BCUT2D eigenvalue weighted by molar-refractivity contribution is 6.04. The highest BCUT2D eigenvalue weighted by Crippen LogP contribution is 2.35. The van der Waals surface area contributed by atoms with Crippen molar-refractivity contribution in [1.29, 1.82) is 0 Å². The van der Waals surface area contributed by atoms with Gasteiger partial charge in [0.15, 0.2) is 11.5 Å². The van der Waals surface area contributed by atoms with Crippen molar-refractivity contribution in [3.8, 4) is 44.9 Å². The summed E-state index contributed by atoms with van der Waals surface area (Å²) >= 11 is 0. The number of carbonyl (C=O) groups excluding carboxylic acids is 1. The number of nitrogens with one attached hydrogen (secondary N) is 1. The number of aryl methyl sites for hydroxylation is 1. The number of hydrogen-bond acceptors (Lipinski definition) is 11. The van der Waals surface area contributed by atoms with E-state index in [4.69, 9.17) is 44.7 Å². The number of methoxy groups -OCH3 is 1. The van der Waals surface area contributed by atoms with Crippen molar-refractivity contribution in [1.82, 2.24) is 9.55 Å². The quantitative estimate of drug-likeness (QED) is 0.112. The lowest BCUT2D eigenvalue weighted by atomic mass is 9.99. The molecule has 2 aliphatic rings. The fourth-order valence-electron chi connectivity index (χ4n) is 6.64. The Morgan fingerprint density at radius 2 is 1.60 bits per heavy atom. The predicted octanol–water partition coefficient (Wildman–Crippen LogP) is 5.44. The van der Waals surface area contributed by atoms with Crippen LogP contribution in [0.25, 0.3) is 33.4 Å². The summed E-state index contributed by atoms with van der Waals surface area (Å²) in [5.41, 5.74) is 12.3. The minimum absolute atomic E-state index is 0. The number of ether oxygens (including phenoxy) is 5. The van der Waals surface area contributed by atoms with Gasteiger partial charge in [0.2, 0.25) is 5.43 Å². The zero-order chi connectivity index (χ0) is 40.3. The number of nitrogens with zero attached hydrogens (tertiary/aromatic N) is 3. The van der Waals surface area contributed by atoms with Crippen molar-refractivity contribution >= 4 is 17.4 Å². The summed E-state index contributed by atoms with van der Waals surface area (Å²) in [6, 6.07) is 22.8. The fraction of sp³-hybridized carbons (Fsp3) is 0.310. The number of anilines is 2. The number of aromatic nitrogens is 2. The molecule has 306 valence electrons. The van der Waals surface area contributed by atoms with Crippen molar-refractivity contribution in [3.63, 3.8) is 0 Å². The average Bonchev–Trinajstić information content (AvgIpc) is 3.22. The monoisotopic (exact) mass is 797 g/mol. The zero-order valence-electron chi connectivity index (χ0n) is 32.2. The minimum atomic E-state index is -1.50. The van der Waals surface area contributed by atoms with E-state index >= 15 is 0 Å². The first-order chi connectivity index (χ1) is 27.6. The number of benzene rings is 3. The maximum absolute atomic E-state index is 13.8. The lowest BCUT2D eigenvalue weighted by Crippen LogP contribution is -2.33. The van der Waals surface area contributed by atoms with Crippen LogP contribution in [0.5, 0.6) is 11.5 Å². The molecule has 6 N–H and O–H groups in total. The Bertz CT molecular complexity index is 2210. The maximum Gasteiger partial charge on any atom is 0.291 e. The molecule has 3 aromatic carbocycles. The van der Waals surface area contributed by atoms with Gasteiger partial charge in [-0.1, -0.05) is 48.0 Å². The summed E-state index contributed by atoms with van der Waals surface area (Å²) in [5.74, 6) is 1.48. The average molecular weight is 798 g/mol. The van der Waals surface area contributed by atoms with Crippen LogP contribution in [-0.2, 0) is 20.8 Å². The summed E-state index contributed by atoms with van der Waals surface area (Å²) in [4.78, 5) is 40.3. The largest absolute Gasteiger partial charge is 0.493 e. The van der Waals surface area contributed by atoms with E-state index in [0.29, 0.717) is 67.5 Å². The van der Waals surface area contributed by atoms with Gasteiger partial charge in [-0.3, -0.25) is 9.59 Å². The Morgan fingerprint density at radius 3 is 2.28 bits per heavy atom. The highest BCUT2D eigenvalue weighted by atomic mass is 16.9. The van der Waals surface area contributed by atoms with E-state index in [0.717, 1.165) is 59.4 Å². The summed E-state index contributed by atoms with van der Waals surface area (Å²) in [5, 5.41) is 16.6. The van der Waals surface area contributed by atoms with Crippen LogP contribution in [0, 0.1) is 23.0 Å². The van der Waals surface area contributed by atoms with Gasteiger partial charge >= 0.3 is 0 Å². The van der Waals surface area contributed by atoms with Gasteiger partial charge in [0, 0.05) is 60.7 Å². The van der Waals surface area contributed by atoms with Crippen molar-refractivity contribution in [2.45, 2.75) is 32.4 Å². The van der Waals surface area contributed by atoms with E-state index in [1.165, 1.54) is 0 Å². The van der Waals surface area contributed by atoms with E-state index in [-0.39, 0.29) is 22.6 Å². The van der Waals surface area contributed by atoms with Crippen LogP contribution >= 0.6 is 0 Å². The molecule has 2 saturated heterocycles. The number of carbonyl (C=O) groups is 1. The molecule has 0 unspecified atom stereocenters. The summed E-state index contributed by atoms with van der Waals surface area (Å²) in [6.45, 7) is 6.13. The number of amides is 1. The summed E-state index contributed by atoms with van der Waals surface area (Å²) in [6.07, 6.45) is 6.99. The molecule has 2 aliphatic heterocycles. The van der Waals surface area contributed by atoms with E-state index < -0.39 is 11.0 Å². The molecule has 4 heterocycles. The Morgan fingerprint density at radius 1 is 0.931 bits per heavy atom. The van der Waals surface area contributed by atoms with E-state index in [1.807, 2.05) is 78.4 Å². The van der Waals surface area contributed by atoms with E-state index in [1.54, 1.807) is 31.6 Å². The molecule has 0 saturated carbocycles. The normalized spacial score (nSPS) is 15.2. The van der Waals surface area contributed by atoms with Crippen molar-refractivity contribution in [3.05, 3.63) is 123 Å². The van der Waals surface area contributed by atoms with Crippen LogP contribution in [0.2, 0.25) is 0 Å². The Hall–Kier alpha value is -6.33. The number of pyridine rings is 2. The van der Waals surface area contributed by atoms with Crippen LogP contribution in [0.3, 0.4) is 0 Å². The van der Waals surface area contributed by atoms with Gasteiger partial charge in [-0.25, -0.2) is 4.98 Å². The lowest BCUT2D eigenvalue weighted by Gasteiger charge is -2.23. The molecule has 0 bridgehead atoms. The molecule has 58 heavy (non-hydrogen) atoms. The van der Waals surface area contributed by atoms with Crippen LogP contribution in [0.4, 0.5) is 11.5 Å². The second kappa shape index (κ2) is 20.2. The zero-order valence-corrected chi connectivity index (χ0v) is 32.2. The topological polar surface area (TPSA) is 231 Å². The number of nitrogen functional groups attached to an aromatic ring is 1. The molecule has 16 nitrogen and oxygen atoms in total. The number of nitrogens with two attached hydrogens (primary N) is 1. The number of hydrogen-bond donors (Lipinski definition) is 3. The van der Waals surface area contributed by atoms with Crippen LogP contribution in [0.15, 0.2) is 96.2 Å². The third kappa shape index (κ3) is 11.2. The molecule has 5 aromatic rings. The van der Waals surface area contributed by atoms with Crippen LogP contribution in [-0.4, -0.2) is 84.1 Å². The second-order valence-corrected chi connectivity index (χ2v) is 13.7. The summed E-state index contributed by atoms with van der Waals surface area (Å²) in [7, 11) is 1.60. The minimum Gasteiger partial charge on any atom is -0.493 e. The first-order valence-corrected chi connectivity index (χ1v) is 18.5. The van der Waals surface area contributed by atoms with Crippen molar-refractivity contribution in [2.75, 3.05) is 57.8 Å². The smallest absolute Gasteiger partial charge is 0.291 e. The molecule has 1 atom stereocenters. The molecular weight excluding hydrogens is 750 g/mol. The lowest BCUT2D eigenvalue weighted by molar-refractivity contribution is -0.742. The van der Waals surface area contributed by atoms with Gasteiger partial charge in [0.25, 0.3) is 11.0 Å². The molecule has 0 aliphatic carbocycles. The van der Waals surface area contributed by atoms with Crippen molar-refractivity contribution in [2.24, 2.45) is 5.92 Å². The van der Waals surface area contributed by atoms with Crippen LogP contribution in [0.1, 0.15) is 28.8 Å². The molecule has 2 fully saturated rings. The van der Waals surface area contributed by atoms with Gasteiger partial charge < -0.3 is 50.0 Å². The first-order valence-electron chi connectivity index (χ1n) is 18.5. The third-order valence-corrected chi connectivity index (χ3v) is 9.68. The Balaban J connectivity index is 0.00000123. The standard InChI is InChI=1S/C42H44N4O7.HNO3.H2O/c1-27-3-5-30(6-4-27)36-23-46(22-28-13-15-50-16-14-28)24-37(40(36)47)42(48)45-33-10-7-29(8-11-33)35-19-32(21-44-41(35)43)31-9-12-38(39(20-31)49-2)53-26-34-25-51-17-18-52-34;2-1(3)4;/h3-12,19-21,23-24,28,34H,13-18,22,25-26H2,1-2H3,(H2,43,44)(H,45,48);(H,2,3,4);1H2/t34-;;/m1../s1. The number of rotatable bonds is 11. The molecule has 2 aromatic heterocycles. The van der Waals surface area contributed by atoms with Crippen LogP contribution < -0.4 is 26.0 Å². The first kappa shape index (κ1) is 42.8. The second-order valence-electron chi connectivity index (χ2n) is 13.7. The molecule has 0 spiro atoms. The predicted molar refractivity (Wildman–Crippen MR) is 217 cm³/mol. The van der Waals surface area contributed by atoms with Gasteiger partial charge in [0.05, 0.1) is 26.9 Å². The SMILES string of the molecule is COc1cc(-c2cnc(N)c(-c3ccc(NC(=O)c4cn(CC5CCOCC5)cc(-c5ccc(C)cc5)c4=O)cc3)c2)ccc1OC[C@H]1COCCO1.O.O=[N+]([O-])O. The summed E-state index contributed by atoms with van der Waals surface area (Å²) < 4.78 is 30.3. The van der Waals surface area contributed by atoms with Gasteiger partial charge in [-0.05, 0) is 72.7 Å². The molecular formula is C42H47N5O11. The Labute approximate surface area is 334 Å². The molecule has 7 rings (SSSR count). The third-order valence-electron chi connectivity index (χ3n) is 9.68. The molecule has 1 amide bonds. The molecule has 0 radical (unpaired) electrons. The molecule has 16 heteroatoms. The van der Waals surface area contributed by atoms with Crippen molar-refractivity contribution < 1.29 is 44.2 Å². The fourth-order valence-corrected chi connectivity index (χ4v) is 6.64. The van der Waals surface area contributed by atoms with Gasteiger partial charge in [-0.2, -0.15) is 0 Å². The van der Waals surface area contributed by atoms with E-state index in [9.17, 15) is 9.59 Å². The maximum atomic E-state index is 13.8. The van der Waals surface area contributed by atoms with Gasteiger partial charge in [0.1, 0.15) is 24.1 Å².